The Hall–Kier alpha value is -2.31. The fraction of sp³-hybridized carbons (Fsp3) is 0.286. The Morgan fingerprint density at radius 3 is 2.50 bits per heavy atom. The molecule has 3 rings (SSSR count). The van der Waals surface area contributed by atoms with Crippen molar-refractivity contribution in [1.82, 2.24) is 5.32 Å². The second-order valence-corrected chi connectivity index (χ2v) is 6.99. The van der Waals surface area contributed by atoms with Crippen molar-refractivity contribution in [2.45, 2.75) is 37.6 Å². The first kappa shape index (κ1) is 16.5. The Morgan fingerprint density at radius 1 is 1.12 bits per heavy atom. The zero-order valence-corrected chi connectivity index (χ0v) is 14.4. The van der Waals surface area contributed by atoms with Crippen LogP contribution in [0.1, 0.15) is 48.0 Å². The molecule has 2 aromatic rings. The summed E-state index contributed by atoms with van der Waals surface area (Å²) in [5.74, 6) is 2.96. The molecule has 1 aromatic heterocycles. The van der Waals surface area contributed by atoms with E-state index in [0.717, 1.165) is 36.9 Å². The molecule has 0 radical (unpaired) electrons. The van der Waals surface area contributed by atoms with Gasteiger partial charge in [-0.15, -0.1) is 6.42 Å². The molecule has 1 saturated carbocycles. The third-order valence-electron chi connectivity index (χ3n) is 4.52. The largest absolute Gasteiger partial charge is 0.368 e. The number of ketones is 1. The van der Waals surface area contributed by atoms with E-state index in [2.05, 4.69) is 11.2 Å². The normalized spacial score (nSPS) is 17.0. The minimum atomic E-state index is -0.344. The van der Waals surface area contributed by atoms with E-state index in [0.29, 0.717) is 5.56 Å². The molecule has 0 amide bonds. The van der Waals surface area contributed by atoms with Gasteiger partial charge in [0.1, 0.15) is 0 Å². The fourth-order valence-corrected chi connectivity index (χ4v) is 3.80. The van der Waals surface area contributed by atoms with Crippen LogP contribution in [0, 0.1) is 12.3 Å². The molecule has 0 bridgehead atoms. The average molecular weight is 335 g/mol. The van der Waals surface area contributed by atoms with Gasteiger partial charge in [0, 0.05) is 28.3 Å². The SMILES string of the molecule is C#CC1(N/C(=C\C(=O)c2ccccc2)c2ccsc2)CCCCC1. The number of terminal acetylenes is 1. The summed E-state index contributed by atoms with van der Waals surface area (Å²) in [6, 6.07) is 11.4. The van der Waals surface area contributed by atoms with Gasteiger partial charge in [-0.2, -0.15) is 11.3 Å². The summed E-state index contributed by atoms with van der Waals surface area (Å²) in [7, 11) is 0. The molecule has 0 unspecified atom stereocenters. The van der Waals surface area contributed by atoms with Crippen molar-refractivity contribution in [1.29, 1.82) is 0 Å². The number of hydrogen-bond acceptors (Lipinski definition) is 3. The summed E-state index contributed by atoms with van der Waals surface area (Å²) in [6.07, 6.45) is 12.9. The molecular weight excluding hydrogens is 314 g/mol. The molecule has 1 aliphatic rings. The second kappa shape index (κ2) is 7.51. The lowest BCUT2D eigenvalue weighted by molar-refractivity contribution is 0.104. The van der Waals surface area contributed by atoms with Gasteiger partial charge in [-0.05, 0) is 24.3 Å². The number of hydrogen-bond donors (Lipinski definition) is 1. The van der Waals surface area contributed by atoms with Gasteiger partial charge in [-0.1, -0.05) is 55.5 Å². The van der Waals surface area contributed by atoms with E-state index in [1.165, 1.54) is 6.42 Å². The van der Waals surface area contributed by atoms with Crippen LogP contribution >= 0.6 is 11.3 Å². The van der Waals surface area contributed by atoms with E-state index in [1.54, 1.807) is 17.4 Å². The second-order valence-electron chi connectivity index (χ2n) is 6.21. The quantitative estimate of drug-likeness (QED) is 0.478. The van der Waals surface area contributed by atoms with Crippen molar-refractivity contribution in [3.8, 4) is 12.3 Å². The summed E-state index contributed by atoms with van der Waals surface area (Å²) in [4.78, 5) is 12.6. The Bertz CT molecular complexity index is 747. The van der Waals surface area contributed by atoms with Crippen LogP contribution in [-0.4, -0.2) is 11.3 Å². The predicted octanol–water partition coefficient (Wildman–Crippen LogP) is 4.90. The summed E-state index contributed by atoms with van der Waals surface area (Å²) in [6.45, 7) is 0. The molecule has 1 aliphatic carbocycles. The van der Waals surface area contributed by atoms with Crippen LogP contribution in [0.5, 0.6) is 0 Å². The molecular formula is C21H21NOS. The molecule has 1 N–H and O–H groups in total. The molecule has 24 heavy (non-hydrogen) atoms. The van der Waals surface area contributed by atoms with Gasteiger partial charge in [-0.3, -0.25) is 4.79 Å². The van der Waals surface area contributed by atoms with Crippen molar-refractivity contribution >= 4 is 22.8 Å². The summed E-state index contributed by atoms with van der Waals surface area (Å²) in [5.41, 5.74) is 2.18. The maximum Gasteiger partial charge on any atom is 0.187 e. The molecule has 1 heterocycles. The first-order chi connectivity index (χ1) is 11.7. The molecule has 0 aliphatic heterocycles. The van der Waals surface area contributed by atoms with Gasteiger partial charge in [0.25, 0.3) is 0 Å². The third kappa shape index (κ3) is 3.77. The summed E-state index contributed by atoms with van der Waals surface area (Å²) in [5, 5.41) is 7.59. The standard InChI is InChI=1S/C21H21NOS/c1-2-21(12-7-4-8-13-21)22-19(18-11-14-24-16-18)15-20(23)17-9-5-3-6-10-17/h1,3,5-6,9-11,14-16,22H,4,7-8,12-13H2/b19-15-. The first-order valence-electron chi connectivity index (χ1n) is 8.32. The minimum absolute atomic E-state index is 0.00715. The predicted molar refractivity (Wildman–Crippen MR) is 101 cm³/mol. The van der Waals surface area contributed by atoms with Crippen molar-refractivity contribution in [2.75, 3.05) is 0 Å². The van der Waals surface area contributed by atoms with Gasteiger partial charge in [0.15, 0.2) is 5.78 Å². The molecule has 1 fully saturated rings. The zero-order valence-electron chi connectivity index (χ0n) is 13.6. The van der Waals surface area contributed by atoms with Crippen molar-refractivity contribution in [2.24, 2.45) is 0 Å². The first-order valence-corrected chi connectivity index (χ1v) is 9.26. The minimum Gasteiger partial charge on any atom is -0.368 e. The highest BCUT2D eigenvalue weighted by Gasteiger charge is 2.30. The summed E-state index contributed by atoms with van der Waals surface area (Å²) >= 11 is 1.62. The highest BCUT2D eigenvalue weighted by molar-refractivity contribution is 7.08. The maximum atomic E-state index is 12.6. The topological polar surface area (TPSA) is 29.1 Å². The average Bonchev–Trinajstić information content (AvgIpc) is 3.17. The Labute approximate surface area is 147 Å². The number of carbonyl (C=O) groups is 1. The monoisotopic (exact) mass is 335 g/mol. The lowest BCUT2D eigenvalue weighted by Gasteiger charge is -2.35. The van der Waals surface area contributed by atoms with E-state index in [1.807, 2.05) is 47.2 Å². The van der Waals surface area contributed by atoms with E-state index >= 15 is 0 Å². The molecule has 0 spiro atoms. The van der Waals surface area contributed by atoms with Crippen LogP contribution in [0.2, 0.25) is 0 Å². The number of thiophene rings is 1. The smallest absolute Gasteiger partial charge is 0.187 e. The highest BCUT2D eigenvalue weighted by Crippen LogP contribution is 2.30. The van der Waals surface area contributed by atoms with E-state index < -0.39 is 0 Å². The fourth-order valence-electron chi connectivity index (χ4n) is 3.14. The summed E-state index contributed by atoms with van der Waals surface area (Å²) < 4.78 is 0. The van der Waals surface area contributed by atoms with E-state index in [9.17, 15) is 4.79 Å². The number of carbonyl (C=O) groups excluding carboxylic acids is 1. The van der Waals surface area contributed by atoms with E-state index in [4.69, 9.17) is 6.42 Å². The maximum absolute atomic E-state index is 12.6. The lowest BCUT2D eigenvalue weighted by Crippen LogP contribution is -2.44. The van der Waals surface area contributed by atoms with Crippen molar-refractivity contribution in [3.05, 3.63) is 64.4 Å². The number of benzene rings is 1. The Balaban J connectivity index is 1.91. The lowest BCUT2D eigenvalue weighted by atomic mass is 9.82. The number of rotatable bonds is 5. The number of nitrogens with one attached hydrogen (secondary N) is 1. The van der Waals surface area contributed by atoms with Gasteiger partial charge in [-0.25, -0.2) is 0 Å². The van der Waals surface area contributed by atoms with Crippen LogP contribution < -0.4 is 5.32 Å². The van der Waals surface area contributed by atoms with Crippen LogP contribution in [0.3, 0.4) is 0 Å². The molecule has 0 saturated heterocycles. The van der Waals surface area contributed by atoms with Gasteiger partial charge < -0.3 is 5.32 Å². The Morgan fingerprint density at radius 2 is 1.88 bits per heavy atom. The van der Waals surface area contributed by atoms with Gasteiger partial charge in [0.2, 0.25) is 0 Å². The van der Waals surface area contributed by atoms with Gasteiger partial charge >= 0.3 is 0 Å². The van der Waals surface area contributed by atoms with Crippen LogP contribution in [0.4, 0.5) is 0 Å². The Kier molecular flexibility index (Phi) is 5.17. The van der Waals surface area contributed by atoms with Gasteiger partial charge in [0.05, 0.1) is 5.54 Å². The highest BCUT2D eigenvalue weighted by atomic mass is 32.1. The van der Waals surface area contributed by atoms with Crippen LogP contribution in [0.25, 0.3) is 5.70 Å². The molecule has 2 nitrogen and oxygen atoms in total. The van der Waals surface area contributed by atoms with Crippen molar-refractivity contribution < 1.29 is 4.79 Å². The third-order valence-corrected chi connectivity index (χ3v) is 5.21. The van der Waals surface area contributed by atoms with Crippen molar-refractivity contribution in [3.63, 3.8) is 0 Å². The zero-order chi connectivity index (χ0) is 16.8. The molecule has 0 atom stereocenters. The van der Waals surface area contributed by atoms with Crippen LogP contribution in [-0.2, 0) is 0 Å². The molecule has 122 valence electrons. The molecule has 3 heteroatoms. The molecule has 1 aromatic carbocycles. The number of allylic oxidation sites excluding steroid dienone is 1. The van der Waals surface area contributed by atoms with E-state index in [-0.39, 0.29) is 11.3 Å². The van der Waals surface area contributed by atoms with Crippen LogP contribution in [0.15, 0.2) is 53.2 Å².